The van der Waals surface area contributed by atoms with Crippen LogP contribution in [-0.4, -0.2) is 47.1 Å². The van der Waals surface area contributed by atoms with E-state index < -0.39 is 0 Å². The molecular weight excluding hydrogens is 338 g/mol. The summed E-state index contributed by atoms with van der Waals surface area (Å²) in [6.45, 7) is 4.15. The molecule has 132 valence electrons. The van der Waals surface area contributed by atoms with Crippen LogP contribution in [0.15, 0.2) is 48.7 Å². The van der Waals surface area contributed by atoms with Crippen LogP contribution >= 0.6 is 11.6 Å². The second kappa shape index (κ2) is 8.83. The highest BCUT2D eigenvalue weighted by molar-refractivity contribution is 6.31. The van der Waals surface area contributed by atoms with Crippen LogP contribution in [0.5, 0.6) is 0 Å². The number of ether oxygens (including phenoxy) is 1. The van der Waals surface area contributed by atoms with E-state index in [0.717, 1.165) is 37.3 Å². The standard InChI is InChI=1S/C19H22ClN3O2/c20-18-8-2-1-6-16(18)15-25-19(24)23-11-5-10-22(12-13-23)14-17-7-3-4-9-21-17/h1-4,6-9H,5,10-15H2. The Kier molecular flexibility index (Phi) is 6.25. The van der Waals surface area contributed by atoms with Gasteiger partial charge in [0, 0.05) is 49.5 Å². The van der Waals surface area contributed by atoms with Crippen molar-refractivity contribution >= 4 is 17.7 Å². The summed E-state index contributed by atoms with van der Waals surface area (Å²) in [7, 11) is 0. The molecule has 0 aliphatic carbocycles. The SMILES string of the molecule is O=C(OCc1ccccc1Cl)N1CCCN(Cc2ccccn2)CC1. The van der Waals surface area contributed by atoms with Gasteiger partial charge in [0.15, 0.2) is 0 Å². The Hall–Kier alpha value is -2.11. The first kappa shape index (κ1) is 17.7. The van der Waals surface area contributed by atoms with Gasteiger partial charge < -0.3 is 9.64 Å². The molecule has 2 heterocycles. The van der Waals surface area contributed by atoms with Gasteiger partial charge in [-0.25, -0.2) is 4.79 Å². The summed E-state index contributed by atoms with van der Waals surface area (Å²) in [5.41, 5.74) is 1.88. The highest BCUT2D eigenvalue weighted by atomic mass is 35.5. The van der Waals surface area contributed by atoms with Crippen molar-refractivity contribution in [3.8, 4) is 0 Å². The first-order valence-electron chi connectivity index (χ1n) is 8.50. The highest BCUT2D eigenvalue weighted by Crippen LogP contribution is 2.16. The second-order valence-electron chi connectivity index (χ2n) is 6.08. The van der Waals surface area contributed by atoms with Gasteiger partial charge >= 0.3 is 6.09 Å². The number of hydrogen-bond acceptors (Lipinski definition) is 4. The molecule has 1 aliphatic heterocycles. The van der Waals surface area contributed by atoms with E-state index in [9.17, 15) is 4.79 Å². The summed E-state index contributed by atoms with van der Waals surface area (Å²) in [6, 6.07) is 13.4. The number of halogens is 1. The van der Waals surface area contributed by atoms with Gasteiger partial charge in [0.1, 0.15) is 6.61 Å². The van der Waals surface area contributed by atoms with Crippen molar-refractivity contribution in [2.75, 3.05) is 26.2 Å². The van der Waals surface area contributed by atoms with Gasteiger partial charge in [-0.1, -0.05) is 35.9 Å². The van der Waals surface area contributed by atoms with E-state index in [2.05, 4.69) is 9.88 Å². The first-order valence-corrected chi connectivity index (χ1v) is 8.87. The van der Waals surface area contributed by atoms with E-state index in [1.54, 1.807) is 11.0 Å². The van der Waals surface area contributed by atoms with Crippen molar-refractivity contribution in [1.82, 2.24) is 14.8 Å². The average Bonchev–Trinajstić information content (AvgIpc) is 2.87. The Bertz CT molecular complexity index is 696. The van der Waals surface area contributed by atoms with E-state index in [-0.39, 0.29) is 12.7 Å². The van der Waals surface area contributed by atoms with Gasteiger partial charge in [-0.3, -0.25) is 9.88 Å². The Labute approximate surface area is 153 Å². The van der Waals surface area contributed by atoms with Crippen molar-refractivity contribution in [2.45, 2.75) is 19.6 Å². The van der Waals surface area contributed by atoms with Crippen LogP contribution in [0, 0.1) is 0 Å². The molecule has 1 aromatic heterocycles. The van der Waals surface area contributed by atoms with Crippen LogP contribution in [0.4, 0.5) is 4.79 Å². The van der Waals surface area contributed by atoms with Gasteiger partial charge in [0.25, 0.3) is 0 Å². The van der Waals surface area contributed by atoms with Crippen molar-refractivity contribution in [3.05, 3.63) is 64.9 Å². The minimum atomic E-state index is -0.278. The third kappa shape index (κ3) is 5.18. The zero-order valence-corrected chi connectivity index (χ0v) is 14.9. The molecule has 6 heteroatoms. The van der Waals surface area contributed by atoms with Crippen LogP contribution in [0.25, 0.3) is 0 Å². The molecule has 0 radical (unpaired) electrons. The quantitative estimate of drug-likeness (QED) is 0.837. The Balaban J connectivity index is 1.49. The number of carbonyl (C=O) groups excluding carboxylic acids is 1. The lowest BCUT2D eigenvalue weighted by Crippen LogP contribution is -2.35. The lowest BCUT2D eigenvalue weighted by molar-refractivity contribution is 0.0972. The Morgan fingerprint density at radius 1 is 1.08 bits per heavy atom. The van der Waals surface area contributed by atoms with Crippen molar-refractivity contribution in [1.29, 1.82) is 0 Å². The fourth-order valence-electron chi connectivity index (χ4n) is 2.88. The number of aromatic nitrogens is 1. The molecular formula is C19H22ClN3O2. The summed E-state index contributed by atoms with van der Waals surface area (Å²) < 4.78 is 5.43. The normalized spacial score (nSPS) is 15.6. The molecule has 5 nitrogen and oxygen atoms in total. The number of nitrogens with zero attached hydrogens (tertiary/aromatic N) is 3. The third-order valence-corrected chi connectivity index (χ3v) is 4.64. The molecule has 1 amide bonds. The molecule has 0 saturated carbocycles. The first-order chi connectivity index (χ1) is 12.2. The molecule has 25 heavy (non-hydrogen) atoms. The van der Waals surface area contributed by atoms with Crippen LogP contribution in [0.2, 0.25) is 5.02 Å². The number of benzene rings is 1. The monoisotopic (exact) mass is 359 g/mol. The lowest BCUT2D eigenvalue weighted by Gasteiger charge is -2.21. The fraction of sp³-hybridized carbons (Fsp3) is 0.368. The molecule has 0 spiro atoms. The van der Waals surface area contributed by atoms with E-state index >= 15 is 0 Å². The second-order valence-corrected chi connectivity index (χ2v) is 6.49. The number of carbonyl (C=O) groups is 1. The minimum absolute atomic E-state index is 0.201. The molecule has 1 fully saturated rings. The molecule has 0 atom stereocenters. The highest BCUT2D eigenvalue weighted by Gasteiger charge is 2.20. The maximum absolute atomic E-state index is 12.3. The average molecular weight is 360 g/mol. The fourth-order valence-corrected chi connectivity index (χ4v) is 3.07. The zero-order chi connectivity index (χ0) is 17.5. The van der Waals surface area contributed by atoms with Gasteiger partial charge in [-0.05, 0) is 24.6 Å². The third-order valence-electron chi connectivity index (χ3n) is 4.27. The van der Waals surface area contributed by atoms with Crippen molar-refractivity contribution in [2.24, 2.45) is 0 Å². The van der Waals surface area contributed by atoms with E-state index in [0.29, 0.717) is 18.1 Å². The van der Waals surface area contributed by atoms with Gasteiger partial charge in [-0.2, -0.15) is 0 Å². The summed E-state index contributed by atoms with van der Waals surface area (Å²) in [4.78, 5) is 20.8. The molecule has 2 aromatic rings. The smallest absolute Gasteiger partial charge is 0.410 e. The molecule has 0 N–H and O–H groups in total. The van der Waals surface area contributed by atoms with E-state index in [4.69, 9.17) is 16.3 Å². The molecule has 1 aliphatic rings. The van der Waals surface area contributed by atoms with E-state index in [1.165, 1.54) is 0 Å². The van der Waals surface area contributed by atoms with Crippen LogP contribution in [-0.2, 0) is 17.9 Å². The number of pyridine rings is 1. The van der Waals surface area contributed by atoms with Crippen LogP contribution in [0.1, 0.15) is 17.7 Å². The van der Waals surface area contributed by atoms with Crippen molar-refractivity contribution < 1.29 is 9.53 Å². The number of amides is 1. The Morgan fingerprint density at radius 3 is 2.72 bits per heavy atom. The topological polar surface area (TPSA) is 45.7 Å². The lowest BCUT2D eigenvalue weighted by atomic mass is 10.2. The predicted molar refractivity (Wildman–Crippen MR) is 97.3 cm³/mol. The largest absolute Gasteiger partial charge is 0.444 e. The maximum Gasteiger partial charge on any atom is 0.410 e. The van der Waals surface area contributed by atoms with E-state index in [1.807, 2.05) is 42.6 Å². The summed E-state index contributed by atoms with van der Waals surface area (Å²) in [6.07, 6.45) is 2.46. The molecule has 0 unspecified atom stereocenters. The number of rotatable bonds is 4. The summed E-state index contributed by atoms with van der Waals surface area (Å²) in [5, 5.41) is 0.618. The van der Waals surface area contributed by atoms with Crippen LogP contribution in [0.3, 0.4) is 0 Å². The predicted octanol–water partition coefficient (Wildman–Crippen LogP) is 3.58. The van der Waals surface area contributed by atoms with Crippen molar-refractivity contribution in [3.63, 3.8) is 0 Å². The number of hydrogen-bond donors (Lipinski definition) is 0. The van der Waals surface area contributed by atoms with Gasteiger partial charge in [-0.15, -0.1) is 0 Å². The molecule has 1 aromatic carbocycles. The molecule has 0 bridgehead atoms. The molecule has 1 saturated heterocycles. The summed E-state index contributed by atoms with van der Waals surface area (Å²) in [5.74, 6) is 0. The van der Waals surface area contributed by atoms with Gasteiger partial charge in [0.05, 0.1) is 5.69 Å². The Morgan fingerprint density at radius 2 is 1.92 bits per heavy atom. The molecule has 3 rings (SSSR count). The summed E-state index contributed by atoms with van der Waals surface area (Å²) >= 11 is 6.10. The van der Waals surface area contributed by atoms with Crippen LogP contribution < -0.4 is 0 Å². The minimum Gasteiger partial charge on any atom is -0.444 e. The van der Waals surface area contributed by atoms with Gasteiger partial charge in [0.2, 0.25) is 0 Å². The zero-order valence-electron chi connectivity index (χ0n) is 14.1. The maximum atomic E-state index is 12.3.